The van der Waals surface area contributed by atoms with Gasteiger partial charge in [-0.25, -0.2) is 0 Å². The van der Waals surface area contributed by atoms with Gasteiger partial charge in [0.25, 0.3) is 0 Å². The maximum absolute atomic E-state index is 10.4. The molecule has 1 aliphatic rings. The van der Waals surface area contributed by atoms with Gasteiger partial charge in [0.1, 0.15) is 45.4 Å². The lowest BCUT2D eigenvalue weighted by Gasteiger charge is -2.31. The Bertz CT molecular complexity index is 595. The Kier molecular flexibility index (Phi) is 5.84. The molecule has 0 spiro atoms. The van der Waals surface area contributed by atoms with Crippen molar-refractivity contribution >= 4 is 15.9 Å². The zero-order valence-electron chi connectivity index (χ0n) is 13.3. The van der Waals surface area contributed by atoms with E-state index in [4.69, 9.17) is 0 Å². The molecule has 3 N–H and O–H groups in total. The molecule has 0 amide bonds. The van der Waals surface area contributed by atoms with E-state index < -0.39 is 0 Å². The highest BCUT2D eigenvalue weighted by atomic mass is 79.9. The molecule has 2 aromatic rings. The Hall–Kier alpha value is -1.20. The summed E-state index contributed by atoms with van der Waals surface area (Å²) < 4.78 is 1.05. The fourth-order valence-corrected chi connectivity index (χ4v) is 3.56. The SMILES string of the molecule is O[C@H](C[NH+]1CC[NH+](Cc2ccccc2)CC1)c1ccc(Br)cc1. The van der Waals surface area contributed by atoms with Gasteiger partial charge in [-0.1, -0.05) is 58.4 Å². The third-order valence-electron chi connectivity index (χ3n) is 4.70. The summed E-state index contributed by atoms with van der Waals surface area (Å²) in [5, 5.41) is 10.4. The Labute approximate surface area is 146 Å². The Morgan fingerprint density at radius 1 is 0.870 bits per heavy atom. The monoisotopic (exact) mass is 376 g/mol. The first-order valence-corrected chi connectivity index (χ1v) is 9.14. The van der Waals surface area contributed by atoms with Crippen molar-refractivity contribution in [2.24, 2.45) is 0 Å². The van der Waals surface area contributed by atoms with E-state index >= 15 is 0 Å². The minimum Gasteiger partial charge on any atom is -0.382 e. The van der Waals surface area contributed by atoms with Crippen molar-refractivity contribution in [1.82, 2.24) is 0 Å². The first-order valence-electron chi connectivity index (χ1n) is 8.35. The summed E-state index contributed by atoms with van der Waals surface area (Å²) in [5.41, 5.74) is 2.43. The van der Waals surface area contributed by atoms with Crippen LogP contribution in [0.3, 0.4) is 0 Å². The molecule has 1 fully saturated rings. The molecular weight excluding hydrogens is 352 g/mol. The topological polar surface area (TPSA) is 29.1 Å². The van der Waals surface area contributed by atoms with E-state index in [1.807, 2.05) is 24.3 Å². The van der Waals surface area contributed by atoms with Crippen LogP contribution in [0.4, 0.5) is 0 Å². The minimum atomic E-state index is -0.367. The lowest BCUT2D eigenvalue weighted by Crippen LogP contribution is -3.27. The lowest BCUT2D eigenvalue weighted by atomic mass is 10.1. The predicted octanol–water partition coefficient (Wildman–Crippen LogP) is 0.466. The highest BCUT2D eigenvalue weighted by Gasteiger charge is 2.25. The minimum absolute atomic E-state index is 0.367. The standard InChI is InChI=1S/C19H23BrN2O/c20-18-8-6-17(7-9-18)19(23)15-22-12-10-21(11-13-22)14-16-4-2-1-3-5-16/h1-9,19,23H,10-15H2/p+2/t19-/m1/s1. The smallest absolute Gasteiger partial charge is 0.128 e. The highest BCUT2D eigenvalue weighted by molar-refractivity contribution is 9.10. The molecular formula is C19H25BrN2O+2. The van der Waals surface area contributed by atoms with Crippen LogP contribution >= 0.6 is 15.9 Å². The van der Waals surface area contributed by atoms with Gasteiger partial charge in [-0.15, -0.1) is 0 Å². The summed E-state index contributed by atoms with van der Waals surface area (Å²) in [6, 6.07) is 18.7. The zero-order chi connectivity index (χ0) is 16.1. The van der Waals surface area contributed by atoms with Gasteiger partial charge in [0.2, 0.25) is 0 Å². The molecule has 1 atom stereocenters. The number of halogens is 1. The van der Waals surface area contributed by atoms with E-state index in [0.717, 1.165) is 36.2 Å². The molecule has 1 saturated heterocycles. The van der Waals surface area contributed by atoms with E-state index in [1.54, 1.807) is 4.90 Å². The van der Waals surface area contributed by atoms with Crippen LogP contribution in [0.25, 0.3) is 0 Å². The van der Waals surface area contributed by atoms with Crippen molar-refractivity contribution in [1.29, 1.82) is 0 Å². The van der Waals surface area contributed by atoms with Crippen LogP contribution in [0.2, 0.25) is 0 Å². The molecule has 0 unspecified atom stereocenters. The van der Waals surface area contributed by atoms with Crippen molar-refractivity contribution < 1.29 is 14.9 Å². The molecule has 1 heterocycles. The van der Waals surface area contributed by atoms with Crippen LogP contribution in [0.5, 0.6) is 0 Å². The van der Waals surface area contributed by atoms with Crippen molar-refractivity contribution in [2.75, 3.05) is 32.7 Å². The number of benzene rings is 2. The summed E-state index contributed by atoms with van der Waals surface area (Å²) in [6.45, 7) is 6.55. The number of hydrogen-bond donors (Lipinski definition) is 3. The number of aliphatic hydroxyl groups is 1. The largest absolute Gasteiger partial charge is 0.382 e. The third-order valence-corrected chi connectivity index (χ3v) is 5.23. The lowest BCUT2D eigenvalue weighted by molar-refractivity contribution is -1.02. The maximum Gasteiger partial charge on any atom is 0.128 e. The molecule has 0 aliphatic carbocycles. The second kappa shape index (κ2) is 8.06. The normalized spacial score (nSPS) is 22.7. The summed E-state index contributed by atoms with van der Waals surface area (Å²) >= 11 is 3.44. The molecule has 23 heavy (non-hydrogen) atoms. The van der Waals surface area contributed by atoms with Gasteiger partial charge >= 0.3 is 0 Å². The van der Waals surface area contributed by atoms with Gasteiger partial charge in [0.05, 0.1) is 0 Å². The maximum atomic E-state index is 10.4. The molecule has 3 nitrogen and oxygen atoms in total. The second-order valence-electron chi connectivity index (χ2n) is 6.43. The summed E-state index contributed by atoms with van der Waals surface area (Å²) in [7, 11) is 0. The quantitative estimate of drug-likeness (QED) is 0.695. The van der Waals surface area contributed by atoms with Crippen LogP contribution in [0, 0.1) is 0 Å². The molecule has 0 radical (unpaired) electrons. The predicted molar refractivity (Wildman–Crippen MR) is 95.5 cm³/mol. The Morgan fingerprint density at radius 2 is 1.48 bits per heavy atom. The van der Waals surface area contributed by atoms with E-state index in [1.165, 1.54) is 23.6 Å². The number of aliphatic hydroxyl groups excluding tert-OH is 1. The molecule has 3 rings (SSSR count). The molecule has 1 aliphatic heterocycles. The van der Waals surface area contributed by atoms with Crippen LogP contribution in [0.15, 0.2) is 59.1 Å². The number of piperazine rings is 1. The molecule has 0 bridgehead atoms. The van der Waals surface area contributed by atoms with E-state index in [0.29, 0.717) is 0 Å². The van der Waals surface area contributed by atoms with Crippen molar-refractivity contribution in [3.8, 4) is 0 Å². The zero-order valence-corrected chi connectivity index (χ0v) is 14.9. The Balaban J connectivity index is 1.46. The number of quaternary nitrogens is 2. The van der Waals surface area contributed by atoms with E-state index in [-0.39, 0.29) is 6.10 Å². The van der Waals surface area contributed by atoms with E-state index in [9.17, 15) is 5.11 Å². The Morgan fingerprint density at radius 3 is 2.13 bits per heavy atom. The third kappa shape index (κ3) is 4.88. The van der Waals surface area contributed by atoms with E-state index in [2.05, 4.69) is 46.3 Å². The summed E-state index contributed by atoms with van der Waals surface area (Å²) in [6.07, 6.45) is -0.367. The molecule has 4 heteroatoms. The van der Waals surface area contributed by atoms with Crippen molar-refractivity contribution in [3.63, 3.8) is 0 Å². The molecule has 0 aromatic heterocycles. The van der Waals surface area contributed by atoms with Gasteiger partial charge < -0.3 is 14.9 Å². The number of nitrogens with one attached hydrogen (secondary N) is 2. The fourth-order valence-electron chi connectivity index (χ4n) is 3.30. The van der Waals surface area contributed by atoms with Crippen molar-refractivity contribution in [3.05, 3.63) is 70.2 Å². The average molecular weight is 377 g/mol. The van der Waals surface area contributed by atoms with Gasteiger partial charge in [0, 0.05) is 10.0 Å². The van der Waals surface area contributed by atoms with Gasteiger partial charge in [-0.3, -0.25) is 0 Å². The summed E-state index contributed by atoms with van der Waals surface area (Å²) in [5.74, 6) is 0. The highest BCUT2D eigenvalue weighted by Crippen LogP contribution is 2.15. The molecule has 0 saturated carbocycles. The van der Waals surface area contributed by atoms with Crippen LogP contribution in [0.1, 0.15) is 17.2 Å². The summed E-state index contributed by atoms with van der Waals surface area (Å²) in [4.78, 5) is 3.16. The first-order chi connectivity index (χ1) is 11.2. The molecule has 122 valence electrons. The van der Waals surface area contributed by atoms with Crippen LogP contribution in [-0.4, -0.2) is 37.8 Å². The number of hydrogen-bond acceptors (Lipinski definition) is 1. The molecule has 2 aromatic carbocycles. The van der Waals surface area contributed by atoms with Gasteiger partial charge in [-0.05, 0) is 17.7 Å². The van der Waals surface area contributed by atoms with Crippen molar-refractivity contribution in [2.45, 2.75) is 12.6 Å². The second-order valence-corrected chi connectivity index (χ2v) is 7.35. The van der Waals surface area contributed by atoms with Crippen LogP contribution in [-0.2, 0) is 6.54 Å². The number of rotatable bonds is 5. The van der Waals surface area contributed by atoms with Gasteiger partial charge in [-0.2, -0.15) is 0 Å². The fraction of sp³-hybridized carbons (Fsp3) is 0.368. The van der Waals surface area contributed by atoms with Crippen LogP contribution < -0.4 is 9.80 Å². The first kappa shape index (κ1) is 16.7. The average Bonchev–Trinajstić information content (AvgIpc) is 2.58. The van der Waals surface area contributed by atoms with Gasteiger partial charge in [0.15, 0.2) is 0 Å².